The first kappa shape index (κ1) is 19.4. The minimum atomic E-state index is -3.97. The number of aromatic carboxylic acids is 1. The van der Waals surface area contributed by atoms with Crippen molar-refractivity contribution < 1.29 is 23.1 Å². The van der Waals surface area contributed by atoms with Gasteiger partial charge in [-0.1, -0.05) is 18.2 Å². The van der Waals surface area contributed by atoms with Gasteiger partial charge in [0.05, 0.1) is 21.8 Å². The summed E-state index contributed by atoms with van der Waals surface area (Å²) in [4.78, 5) is 15.2. The zero-order valence-corrected chi connectivity index (χ0v) is 15.8. The quantitative estimate of drug-likeness (QED) is 0.631. The number of benzene rings is 2. The highest BCUT2D eigenvalue weighted by atomic mass is 32.2. The zero-order valence-electron chi connectivity index (χ0n) is 15.0. The lowest BCUT2D eigenvalue weighted by Crippen LogP contribution is -2.15. The summed E-state index contributed by atoms with van der Waals surface area (Å²) < 4.78 is 33.6. The molecule has 1 aromatic heterocycles. The fourth-order valence-electron chi connectivity index (χ4n) is 2.52. The van der Waals surface area contributed by atoms with Crippen LogP contribution in [0.4, 0.5) is 5.69 Å². The Bertz CT molecular complexity index is 1100. The van der Waals surface area contributed by atoms with Crippen LogP contribution in [-0.4, -0.2) is 24.5 Å². The molecule has 0 aliphatic rings. The molecule has 0 atom stereocenters. The van der Waals surface area contributed by atoms with E-state index >= 15 is 0 Å². The van der Waals surface area contributed by atoms with Crippen molar-refractivity contribution in [3.05, 3.63) is 83.7 Å². The largest absolute Gasteiger partial charge is 0.487 e. The Hall–Kier alpha value is -3.39. The van der Waals surface area contributed by atoms with Gasteiger partial charge in [0.25, 0.3) is 10.0 Å². The summed E-state index contributed by atoms with van der Waals surface area (Å²) in [5.41, 5.74) is 1.40. The van der Waals surface area contributed by atoms with Crippen LogP contribution >= 0.6 is 0 Å². The number of carbonyl (C=O) groups is 1. The van der Waals surface area contributed by atoms with Gasteiger partial charge in [0, 0.05) is 12.3 Å². The number of carboxylic acid groups (broad SMARTS) is 1. The monoisotopic (exact) mass is 398 g/mol. The second-order valence-corrected chi connectivity index (χ2v) is 7.68. The van der Waals surface area contributed by atoms with Crippen LogP contribution in [0.25, 0.3) is 0 Å². The Morgan fingerprint density at radius 1 is 1.11 bits per heavy atom. The van der Waals surface area contributed by atoms with Crippen LogP contribution < -0.4 is 9.46 Å². The van der Waals surface area contributed by atoms with Gasteiger partial charge in [0.15, 0.2) is 0 Å². The maximum absolute atomic E-state index is 12.7. The fourth-order valence-corrected chi connectivity index (χ4v) is 3.84. The van der Waals surface area contributed by atoms with Crippen LogP contribution in [0.3, 0.4) is 0 Å². The number of aromatic nitrogens is 1. The summed E-state index contributed by atoms with van der Waals surface area (Å²) in [6, 6.07) is 15.9. The Labute approximate surface area is 162 Å². The normalized spacial score (nSPS) is 11.0. The summed E-state index contributed by atoms with van der Waals surface area (Å²) in [5.74, 6) is -0.719. The number of sulfonamides is 1. The summed E-state index contributed by atoms with van der Waals surface area (Å²) in [6.45, 7) is 1.85. The lowest BCUT2D eigenvalue weighted by molar-refractivity contribution is 0.0696. The number of hydrogen-bond donors (Lipinski definition) is 2. The molecule has 1 heterocycles. The molecule has 2 aromatic carbocycles. The van der Waals surface area contributed by atoms with Gasteiger partial charge in [-0.15, -0.1) is 0 Å². The molecule has 3 rings (SSSR count). The average molecular weight is 398 g/mol. The number of nitrogens with zero attached hydrogens (tertiary/aromatic N) is 1. The number of nitrogens with one attached hydrogen (secondary N) is 1. The first-order valence-electron chi connectivity index (χ1n) is 8.35. The van der Waals surface area contributed by atoms with E-state index in [1.807, 2.05) is 12.1 Å². The van der Waals surface area contributed by atoms with E-state index in [2.05, 4.69) is 9.71 Å². The van der Waals surface area contributed by atoms with Gasteiger partial charge in [0.1, 0.15) is 12.4 Å². The number of carboxylic acids is 1. The molecular formula is C20H18N2O5S. The van der Waals surface area contributed by atoms with Gasteiger partial charge in [-0.05, 0) is 48.9 Å². The van der Waals surface area contributed by atoms with Crippen LogP contribution in [0.2, 0.25) is 0 Å². The van der Waals surface area contributed by atoms with Crippen LogP contribution in [0, 0.1) is 6.92 Å². The third kappa shape index (κ3) is 4.66. The lowest BCUT2D eigenvalue weighted by atomic mass is 10.1. The molecule has 0 spiro atoms. The van der Waals surface area contributed by atoms with Gasteiger partial charge < -0.3 is 9.84 Å². The smallest absolute Gasteiger partial charge is 0.335 e. The lowest BCUT2D eigenvalue weighted by Gasteiger charge is -2.12. The van der Waals surface area contributed by atoms with E-state index < -0.39 is 16.0 Å². The van der Waals surface area contributed by atoms with E-state index in [0.717, 1.165) is 11.8 Å². The van der Waals surface area contributed by atoms with Crippen molar-refractivity contribution in [2.45, 2.75) is 18.4 Å². The molecule has 2 N–H and O–H groups in total. The van der Waals surface area contributed by atoms with E-state index in [9.17, 15) is 13.2 Å². The van der Waals surface area contributed by atoms with E-state index in [-0.39, 0.29) is 17.1 Å². The van der Waals surface area contributed by atoms with Crippen molar-refractivity contribution in [1.29, 1.82) is 0 Å². The molecule has 0 fully saturated rings. The predicted octanol–water partition coefficient (Wildman–Crippen LogP) is 3.47. The summed E-state index contributed by atoms with van der Waals surface area (Å²) in [5, 5.41) is 9.11. The Morgan fingerprint density at radius 3 is 2.64 bits per heavy atom. The molecule has 0 saturated carbocycles. The second kappa shape index (κ2) is 8.10. The molecule has 8 heteroatoms. The van der Waals surface area contributed by atoms with Crippen molar-refractivity contribution in [2.24, 2.45) is 0 Å². The number of anilines is 1. The molecule has 144 valence electrons. The molecule has 28 heavy (non-hydrogen) atoms. The fraction of sp³-hybridized carbons (Fsp3) is 0.100. The van der Waals surface area contributed by atoms with E-state index in [4.69, 9.17) is 9.84 Å². The van der Waals surface area contributed by atoms with Gasteiger partial charge in [0.2, 0.25) is 0 Å². The standard InChI is InChI=1S/C20H18N2O5S/c1-14-8-9-15(20(23)24)11-19(14)28(25,26)22-16-6-4-7-18(12-16)27-13-17-5-2-3-10-21-17/h2-12,22H,13H2,1H3,(H,23,24). The van der Waals surface area contributed by atoms with Crippen molar-refractivity contribution in [3.8, 4) is 5.75 Å². The highest BCUT2D eigenvalue weighted by Gasteiger charge is 2.19. The first-order chi connectivity index (χ1) is 13.3. The minimum Gasteiger partial charge on any atom is -0.487 e. The average Bonchev–Trinajstić information content (AvgIpc) is 2.67. The van der Waals surface area contributed by atoms with E-state index in [1.54, 1.807) is 43.5 Å². The molecule has 0 amide bonds. The van der Waals surface area contributed by atoms with Crippen molar-refractivity contribution >= 4 is 21.7 Å². The van der Waals surface area contributed by atoms with Crippen molar-refractivity contribution in [2.75, 3.05) is 4.72 Å². The predicted molar refractivity (Wildman–Crippen MR) is 104 cm³/mol. The van der Waals surface area contributed by atoms with Crippen LogP contribution in [0.5, 0.6) is 5.75 Å². The third-order valence-electron chi connectivity index (χ3n) is 3.92. The molecule has 0 unspecified atom stereocenters. The highest BCUT2D eigenvalue weighted by Crippen LogP contribution is 2.24. The molecule has 0 radical (unpaired) electrons. The van der Waals surface area contributed by atoms with Gasteiger partial charge in [-0.25, -0.2) is 13.2 Å². The molecular weight excluding hydrogens is 380 g/mol. The van der Waals surface area contributed by atoms with Crippen LogP contribution in [-0.2, 0) is 16.6 Å². The highest BCUT2D eigenvalue weighted by molar-refractivity contribution is 7.92. The molecule has 0 aliphatic carbocycles. The topological polar surface area (TPSA) is 106 Å². The van der Waals surface area contributed by atoms with Crippen LogP contribution in [0.1, 0.15) is 21.6 Å². The minimum absolute atomic E-state index is 0.0905. The third-order valence-corrected chi connectivity index (χ3v) is 5.45. The second-order valence-electron chi connectivity index (χ2n) is 6.03. The SMILES string of the molecule is Cc1ccc(C(=O)O)cc1S(=O)(=O)Nc1cccc(OCc2ccccn2)c1. The number of ether oxygens (including phenoxy) is 1. The maximum Gasteiger partial charge on any atom is 0.335 e. The molecule has 7 nitrogen and oxygen atoms in total. The number of rotatable bonds is 7. The van der Waals surface area contributed by atoms with Gasteiger partial charge in [-0.2, -0.15) is 0 Å². The van der Waals surface area contributed by atoms with Crippen LogP contribution in [0.15, 0.2) is 71.8 Å². The molecule has 3 aromatic rings. The number of hydrogen-bond acceptors (Lipinski definition) is 5. The summed E-state index contributed by atoms with van der Waals surface area (Å²) >= 11 is 0. The van der Waals surface area contributed by atoms with Crippen molar-refractivity contribution in [3.63, 3.8) is 0 Å². The number of pyridine rings is 1. The zero-order chi connectivity index (χ0) is 20.1. The number of aryl methyl sites for hydroxylation is 1. The Kier molecular flexibility index (Phi) is 5.60. The summed E-state index contributed by atoms with van der Waals surface area (Å²) in [6.07, 6.45) is 1.66. The molecule has 0 bridgehead atoms. The van der Waals surface area contributed by atoms with E-state index in [1.165, 1.54) is 12.1 Å². The van der Waals surface area contributed by atoms with Gasteiger partial charge in [-0.3, -0.25) is 9.71 Å². The Morgan fingerprint density at radius 2 is 1.93 bits per heavy atom. The van der Waals surface area contributed by atoms with Gasteiger partial charge >= 0.3 is 5.97 Å². The summed E-state index contributed by atoms with van der Waals surface area (Å²) in [7, 11) is -3.97. The van der Waals surface area contributed by atoms with E-state index in [0.29, 0.717) is 17.0 Å². The van der Waals surface area contributed by atoms with Crippen molar-refractivity contribution in [1.82, 2.24) is 4.98 Å². The molecule has 0 saturated heterocycles. The maximum atomic E-state index is 12.7. The molecule has 0 aliphatic heterocycles. The first-order valence-corrected chi connectivity index (χ1v) is 9.83. The Balaban J connectivity index is 1.79.